The number of aromatic hydroxyl groups is 3. The number of aryl methyl sites for hydroxylation is 1. The molecule has 0 saturated heterocycles. The van der Waals surface area contributed by atoms with E-state index in [9.17, 15) is 45.3 Å². The maximum absolute atomic E-state index is 13.6. The summed E-state index contributed by atoms with van der Waals surface area (Å²) >= 11 is 0. The van der Waals surface area contributed by atoms with Gasteiger partial charge in [-0.1, -0.05) is 29.4 Å². The fraction of sp³-hybridized carbons (Fsp3) is 0.486. The first-order valence-electron chi connectivity index (χ1n) is 15.0. The minimum Gasteiger partial charge on any atom is -0.507 e. The van der Waals surface area contributed by atoms with Gasteiger partial charge in [-0.3, -0.25) is 9.59 Å². The Morgan fingerprint density at radius 1 is 0.886 bits per heavy atom. The van der Waals surface area contributed by atoms with E-state index in [0.29, 0.717) is 37.7 Å². The summed E-state index contributed by atoms with van der Waals surface area (Å²) in [5, 5.41) is 73.2. The first kappa shape index (κ1) is 35.0. The van der Waals surface area contributed by atoms with Gasteiger partial charge in [-0.05, 0) is 97.3 Å². The summed E-state index contributed by atoms with van der Waals surface area (Å²) in [7, 11) is 0. The van der Waals surface area contributed by atoms with Crippen LogP contribution in [0.4, 0.5) is 0 Å². The first-order chi connectivity index (χ1) is 20.4. The van der Waals surface area contributed by atoms with Gasteiger partial charge in [0.1, 0.15) is 17.2 Å². The Hall–Kier alpha value is -3.50. The summed E-state index contributed by atoms with van der Waals surface area (Å²) in [5.74, 6) is -3.23. The van der Waals surface area contributed by atoms with Gasteiger partial charge in [0.2, 0.25) is 11.6 Å². The van der Waals surface area contributed by atoms with Crippen molar-refractivity contribution in [1.82, 2.24) is 0 Å². The standard InChI is InChI=1S/C35H46O9/c1-19(11-8-12-23(18-36)13-14-25(38)34(5,6)43)9-7-10-20(2)15-16-35(44)32(41)27-24(37)17-21(3)26-28(27)29(33(35)42)31(40)22(4)30(26)39/h9,12,15,17,25,36-40,43-44H,7-8,10-11,13-14,16,18H2,1-6H3/t25-,35-/m1/s1. The number of hydrogen-bond acceptors (Lipinski definition) is 9. The Balaban J connectivity index is 1.68. The molecule has 0 fully saturated rings. The SMILES string of the molecule is CC(=CCCC(C)=CC[C@@]1(O)C(=O)c2c(O)cc(C)c3c(O)c(C)c(O)c(c23)C1=O)CCC=C(CO)CC[C@@H](O)C(C)(C)O. The third-order valence-electron chi connectivity index (χ3n) is 8.65. The number of aliphatic hydroxyl groups is 4. The third-order valence-corrected chi connectivity index (χ3v) is 8.65. The number of aliphatic hydroxyl groups excluding tert-OH is 2. The van der Waals surface area contributed by atoms with Crippen LogP contribution in [-0.2, 0) is 0 Å². The highest BCUT2D eigenvalue weighted by molar-refractivity contribution is 6.36. The molecule has 0 aromatic heterocycles. The molecule has 2 aromatic rings. The van der Waals surface area contributed by atoms with Crippen molar-refractivity contribution in [2.45, 2.75) is 104 Å². The highest BCUT2D eigenvalue weighted by Crippen LogP contribution is 2.49. The number of ketones is 2. The Labute approximate surface area is 258 Å². The normalized spacial score (nSPS) is 18.8. The van der Waals surface area contributed by atoms with Crippen molar-refractivity contribution in [2.75, 3.05) is 6.61 Å². The lowest BCUT2D eigenvalue weighted by Crippen LogP contribution is -2.49. The number of carbonyl (C=O) groups is 2. The van der Waals surface area contributed by atoms with Crippen molar-refractivity contribution in [3.05, 3.63) is 63.3 Å². The van der Waals surface area contributed by atoms with Crippen molar-refractivity contribution in [3.8, 4) is 17.2 Å². The maximum Gasteiger partial charge on any atom is 0.207 e. The number of Topliss-reactive ketones (excluding diaryl/α,β-unsaturated/α-hetero) is 2. The van der Waals surface area contributed by atoms with Gasteiger partial charge in [-0.15, -0.1) is 0 Å². The number of phenolic OH excluding ortho intramolecular Hbond substituents is 3. The van der Waals surface area contributed by atoms with Gasteiger partial charge in [0.05, 0.1) is 29.4 Å². The van der Waals surface area contributed by atoms with Crippen LogP contribution in [0.5, 0.6) is 17.2 Å². The van der Waals surface area contributed by atoms with Gasteiger partial charge in [0.25, 0.3) is 0 Å². The van der Waals surface area contributed by atoms with Crippen LogP contribution >= 0.6 is 0 Å². The lowest BCUT2D eigenvalue weighted by molar-refractivity contribution is -0.0511. The number of phenols is 3. The fourth-order valence-corrected chi connectivity index (χ4v) is 5.61. The summed E-state index contributed by atoms with van der Waals surface area (Å²) in [6, 6.07) is 1.30. The second-order valence-corrected chi connectivity index (χ2v) is 12.7. The summed E-state index contributed by atoms with van der Waals surface area (Å²) < 4.78 is 0. The molecule has 3 rings (SSSR count). The molecule has 0 heterocycles. The molecule has 240 valence electrons. The molecule has 1 aliphatic carbocycles. The smallest absolute Gasteiger partial charge is 0.207 e. The second-order valence-electron chi connectivity index (χ2n) is 12.7. The molecule has 0 unspecified atom stereocenters. The van der Waals surface area contributed by atoms with E-state index in [1.165, 1.54) is 13.0 Å². The molecule has 44 heavy (non-hydrogen) atoms. The van der Waals surface area contributed by atoms with Gasteiger partial charge in [0, 0.05) is 22.8 Å². The summed E-state index contributed by atoms with van der Waals surface area (Å²) in [5.41, 5.74) is -1.06. The van der Waals surface area contributed by atoms with Crippen molar-refractivity contribution >= 4 is 22.3 Å². The Kier molecular flexibility index (Phi) is 10.9. The molecule has 0 spiro atoms. The highest BCUT2D eigenvalue weighted by Gasteiger charge is 2.51. The van der Waals surface area contributed by atoms with Crippen LogP contribution in [0.25, 0.3) is 10.8 Å². The lowest BCUT2D eigenvalue weighted by Gasteiger charge is -2.32. The van der Waals surface area contributed by atoms with Gasteiger partial charge in [-0.25, -0.2) is 0 Å². The zero-order chi connectivity index (χ0) is 33.1. The largest absolute Gasteiger partial charge is 0.507 e. The molecule has 1 aliphatic rings. The van der Waals surface area contributed by atoms with Crippen molar-refractivity contribution in [2.24, 2.45) is 0 Å². The van der Waals surface area contributed by atoms with Gasteiger partial charge in [-0.2, -0.15) is 0 Å². The van der Waals surface area contributed by atoms with Crippen LogP contribution in [-0.4, -0.2) is 71.2 Å². The quantitative estimate of drug-likeness (QED) is 0.116. The average Bonchev–Trinajstić information content (AvgIpc) is 2.94. The number of benzene rings is 2. The van der Waals surface area contributed by atoms with Crippen LogP contribution in [0.15, 0.2) is 41.0 Å². The minimum absolute atomic E-state index is 0.0405. The number of carbonyl (C=O) groups excluding carboxylic acids is 2. The van der Waals surface area contributed by atoms with Crippen LogP contribution in [0, 0.1) is 13.8 Å². The van der Waals surface area contributed by atoms with E-state index in [2.05, 4.69) is 6.08 Å². The van der Waals surface area contributed by atoms with E-state index in [1.54, 1.807) is 26.8 Å². The van der Waals surface area contributed by atoms with E-state index in [-0.39, 0.29) is 46.2 Å². The number of allylic oxidation sites excluding steroid dienone is 4. The molecule has 0 bridgehead atoms. The number of hydrogen-bond donors (Lipinski definition) is 7. The van der Waals surface area contributed by atoms with Gasteiger partial charge >= 0.3 is 0 Å². The van der Waals surface area contributed by atoms with E-state index >= 15 is 0 Å². The van der Waals surface area contributed by atoms with Gasteiger partial charge < -0.3 is 35.7 Å². The van der Waals surface area contributed by atoms with Crippen molar-refractivity contribution in [3.63, 3.8) is 0 Å². The fourth-order valence-electron chi connectivity index (χ4n) is 5.61. The first-order valence-corrected chi connectivity index (χ1v) is 15.0. The van der Waals surface area contributed by atoms with E-state index in [4.69, 9.17) is 0 Å². The molecule has 0 radical (unpaired) electrons. The van der Waals surface area contributed by atoms with Crippen molar-refractivity contribution < 1.29 is 45.3 Å². The summed E-state index contributed by atoms with van der Waals surface area (Å²) in [4.78, 5) is 27.1. The predicted octanol–water partition coefficient (Wildman–Crippen LogP) is 5.36. The van der Waals surface area contributed by atoms with E-state index in [0.717, 1.165) is 23.1 Å². The van der Waals surface area contributed by atoms with Crippen LogP contribution < -0.4 is 0 Å². The molecule has 9 heteroatoms. The zero-order valence-electron chi connectivity index (χ0n) is 26.5. The van der Waals surface area contributed by atoms with Gasteiger partial charge in [0.15, 0.2) is 5.60 Å². The molecule has 0 saturated carbocycles. The molecule has 0 aliphatic heterocycles. The average molecular weight is 611 g/mol. The molecule has 2 atom stereocenters. The molecule has 0 amide bonds. The second kappa shape index (κ2) is 13.6. The highest BCUT2D eigenvalue weighted by atomic mass is 16.3. The predicted molar refractivity (Wildman–Crippen MR) is 169 cm³/mol. The molecule has 2 aromatic carbocycles. The minimum atomic E-state index is -2.53. The lowest BCUT2D eigenvalue weighted by atomic mass is 9.73. The van der Waals surface area contributed by atoms with Crippen molar-refractivity contribution in [1.29, 1.82) is 0 Å². The summed E-state index contributed by atoms with van der Waals surface area (Å²) in [6.45, 7) is 9.86. The van der Waals surface area contributed by atoms with Crippen LogP contribution in [0.3, 0.4) is 0 Å². The van der Waals surface area contributed by atoms with E-state index in [1.807, 2.05) is 19.9 Å². The van der Waals surface area contributed by atoms with E-state index < -0.39 is 40.4 Å². The molecule has 9 nitrogen and oxygen atoms in total. The molecular weight excluding hydrogens is 564 g/mol. The topological polar surface area (TPSA) is 176 Å². The molecular formula is C35H46O9. The third kappa shape index (κ3) is 7.07. The van der Waals surface area contributed by atoms with Crippen LogP contribution in [0.2, 0.25) is 0 Å². The Morgan fingerprint density at radius 2 is 1.45 bits per heavy atom. The number of rotatable bonds is 13. The Bertz CT molecular complexity index is 1540. The Morgan fingerprint density at radius 3 is 2.05 bits per heavy atom. The molecule has 7 N–H and O–H groups in total. The van der Waals surface area contributed by atoms with Crippen LogP contribution in [0.1, 0.15) is 104 Å². The monoisotopic (exact) mass is 610 g/mol. The summed E-state index contributed by atoms with van der Waals surface area (Å²) in [6.07, 6.45) is 8.07. The zero-order valence-corrected chi connectivity index (χ0v) is 26.5. The maximum atomic E-state index is 13.6.